The molecule has 2 aromatic heterocycles. The van der Waals surface area contributed by atoms with E-state index in [1.165, 1.54) is 16.7 Å². The maximum absolute atomic E-state index is 4.56. The summed E-state index contributed by atoms with van der Waals surface area (Å²) >= 11 is 0. The molecule has 1 aliphatic heterocycles. The lowest BCUT2D eigenvalue weighted by molar-refractivity contribution is 0.245. The Kier molecular flexibility index (Phi) is 4.70. The fourth-order valence-corrected chi connectivity index (χ4v) is 3.36. The van der Waals surface area contributed by atoms with Gasteiger partial charge in [-0.05, 0) is 35.7 Å². The zero-order valence-corrected chi connectivity index (χ0v) is 14.2. The first-order valence-corrected chi connectivity index (χ1v) is 8.75. The van der Waals surface area contributed by atoms with E-state index in [1.807, 2.05) is 30.6 Å². The van der Waals surface area contributed by atoms with Crippen LogP contribution in [0.25, 0.3) is 0 Å². The largest absolute Gasteiger partial charge is 0.364 e. The monoisotopic (exact) mass is 330 g/mol. The molecule has 1 aromatic carbocycles. The summed E-state index contributed by atoms with van der Waals surface area (Å²) in [6.45, 7) is 3.74. The predicted molar refractivity (Wildman–Crippen MR) is 100 cm³/mol. The third-order valence-corrected chi connectivity index (χ3v) is 4.64. The fourth-order valence-electron chi connectivity index (χ4n) is 3.36. The second kappa shape index (κ2) is 7.45. The molecule has 0 unspecified atom stereocenters. The van der Waals surface area contributed by atoms with Crippen LogP contribution in [0.3, 0.4) is 0 Å². The highest BCUT2D eigenvalue weighted by Gasteiger charge is 2.19. The third-order valence-electron chi connectivity index (χ3n) is 4.64. The Morgan fingerprint density at radius 2 is 1.80 bits per heavy atom. The number of hydrogen-bond acceptors (Lipinski definition) is 4. The molecule has 1 aliphatic rings. The summed E-state index contributed by atoms with van der Waals surface area (Å²) in [6, 6.07) is 18.8. The number of aromatic nitrogens is 2. The zero-order valence-electron chi connectivity index (χ0n) is 14.2. The number of hydrogen-bond donors (Lipinski definition) is 1. The van der Waals surface area contributed by atoms with E-state index in [0.717, 1.165) is 37.6 Å². The number of anilines is 1. The highest BCUT2D eigenvalue weighted by molar-refractivity contribution is 5.49. The molecule has 0 spiro atoms. The normalized spacial score (nSPS) is 14.1. The first kappa shape index (κ1) is 15.8. The minimum absolute atomic E-state index is 0.706. The van der Waals surface area contributed by atoms with Crippen molar-refractivity contribution in [3.05, 3.63) is 89.4 Å². The van der Waals surface area contributed by atoms with Crippen molar-refractivity contribution in [2.24, 2.45) is 0 Å². The number of pyridine rings is 2. The number of rotatable bonds is 5. The minimum Gasteiger partial charge on any atom is -0.364 e. The number of nitrogens with one attached hydrogen (secondary N) is 1. The van der Waals surface area contributed by atoms with Gasteiger partial charge in [-0.3, -0.25) is 9.88 Å². The van der Waals surface area contributed by atoms with Gasteiger partial charge in [0, 0.05) is 37.6 Å². The summed E-state index contributed by atoms with van der Waals surface area (Å²) in [5.41, 5.74) is 5.13. The molecule has 4 heteroatoms. The summed E-state index contributed by atoms with van der Waals surface area (Å²) in [5.74, 6) is 1.00. The quantitative estimate of drug-likeness (QED) is 0.775. The Morgan fingerprint density at radius 3 is 2.64 bits per heavy atom. The van der Waals surface area contributed by atoms with Crippen LogP contribution in [0.5, 0.6) is 0 Å². The molecule has 126 valence electrons. The molecular formula is C21H22N4. The summed E-state index contributed by atoms with van der Waals surface area (Å²) in [6.07, 6.45) is 4.76. The van der Waals surface area contributed by atoms with Gasteiger partial charge in [-0.25, -0.2) is 4.98 Å². The van der Waals surface area contributed by atoms with E-state index in [0.29, 0.717) is 6.54 Å². The van der Waals surface area contributed by atoms with E-state index in [4.69, 9.17) is 0 Å². The Morgan fingerprint density at radius 1 is 0.920 bits per heavy atom. The summed E-state index contributed by atoms with van der Waals surface area (Å²) < 4.78 is 0. The molecule has 0 saturated heterocycles. The Labute approximate surface area is 148 Å². The van der Waals surface area contributed by atoms with Gasteiger partial charge in [0.25, 0.3) is 0 Å². The molecule has 0 aliphatic carbocycles. The first-order valence-electron chi connectivity index (χ1n) is 8.75. The molecule has 1 N–H and O–H groups in total. The molecular weight excluding hydrogens is 308 g/mol. The first-order chi connectivity index (χ1) is 12.4. The van der Waals surface area contributed by atoms with E-state index < -0.39 is 0 Å². The van der Waals surface area contributed by atoms with E-state index in [1.54, 1.807) is 0 Å². The van der Waals surface area contributed by atoms with Gasteiger partial charge in [0.05, 0.1) is 12.2 Å². The highest BCUT2D eigenvalue weighted by atomic mass is 15.1. The lowest BCUT2D eigenvalue weighted by atomic mass is 10.0. The highest BCUT2D eigenvalue weighted by Crippen LogP contribution is 2.25. The third kappa shape index (κ3) is 3.86. The molecule has 0 amide bonds. The SMILES string of the molecule is c1ccc(CN2CCc3c(ccnc3NCc3ccccn3)C2)cc1. The summed E-state index contributed by atoms with van der Waals surface area (Å²) in [5, 5.41) is 3.46. The molecule has 0 fully saturated rings. The minimum atomic E-state index is 0.706. The van der Waals surface area contributed by atoms with Crippen LogP contribution in [0.2, 0.25) is 0 Å². The lowest BCUT2D eigenvalue weighted by Crippen LogP contribution is -2.30. The summed E-state index contributed by atoms with van der Waals surface area (Å²) in [7, 11) is 0. The van der Waals surface area contributed by atoms with Crippen molar-refractivity contribution < 1.29 is 0 Å². The molecule has 3 heterocycles. The van der Waals surface area contributed by atoms with Crippen molar-refractivity contribution in [1.82, 2.24) is 14.9 Å². The van der Waals surface area contributed by atoms with Gasteiger partial charge in [0.1, 0.15) is 5.82 Å². The van der Waals surface area contributed by atoms with Gasteiger partial charge in [0.15, 0.2) is 0 Å². The standard InChI is InChI=1S/C21H22N4/c1-2-6-17(7-3-1)15-25-13-10-20-18(16-25)9-12-23-21(20)24-14-19-8-4-5-11-22-19/h1-9,11-12H,10,13-16H2,(H,23,24). The second-order valence-corrected chi connectivity index (χ2v) is 6.42. The van der Waals surface area contributed by atoms with Crippen molar-refractivity contribution in [2.45, 2.75) is 26.1 Å². The van der Waals surface area contributed by atoms with Crippen molar-refractivity contribution in [2.75, 3.05) is 11.9 Å². The van der Waals surface area contributed by atoms with Gasteiger partial charge in [0.2, 0.25) is 0 Å². The second-order valence-electron chi connectivity index (χ2n) is 6.42. The zero-order chi connectivity index (χ0) is 16.9. The molecule has 0 saturated carbocycles. The van der Waals surface area contributed by atoms with Crippen LogP contribution >= 0.6 is 0 Å². The maximum atomic E-state index is 4.56. The summed E-state index contributed by atoms with van der Waals surface area (Å²) in [4.78, 5) is 11.4. The topological polar surface area (TPSA) is 41.1 Å². The molecule has 4 nitrogen and oxygen atoms in total. The van der Waals surface area contributed by atoms with Crippen LogP contribution in [-0.2, 0) is 26.1 Å². The maximum Gasteiger partial charge on any atom is 0.129 e. The van der Waals surface area contributed by atoms with Crippen LogP contribution in [-0.4, -0.2) is 21.4 Å². The van der Waals surface area contributed by atoms with Crippen molar-refractivity contribution in [3.63, 3.8) is 0 Å². The van der Waals surface area contributed by atoms with Gasteiger partial charge in [-0.1, -0.05) is 36.4 Å². The van der Waals surface area contributed by atoms with Crippen LogP contribution in [0.15, 0.2) is 67.0 Å². The molecule has 4 rings (SSSR count). The Bertz CT molecular complexity index is 818. The van der Waals surface area contributed by atoms with Gasteiger partial charge in [-0.15, -0.1) is 0 Å². The fraction of sp³-hybridized carbons (Fsp3) is 0.238. The van der Waals surface area contributed by atoms with Crippen molar-refractivity contribution in [3.8, 4) is 0 Å². The van der Waals surface area contributed by atoms with E-state index in [2.05, 4.69) is 56.6 Å². The number of benzene rings is 1. The average molecular weight is 330 g/mol. The van der Waals surface area contributed by atoms with Crippen LogP contribution < -0.4 is 5.32 Å². The molecule has 0 bridgehead atoms. The smallest absolute Gasteiger partial charge is 0.129 e. The number of nitrogens with zero attached hydrogens (tertiary/aromatic N) is 3. The van der Waals surface area contributed by atoms with Crippen LogP contribution in [0, 0.1) is 0 Å². The molecule has 3 aromatic rings. The lowest BCUT2D eigenvalue weighted by Gasteiger charge is -2.29. The van der Waals surface area contributed by atoms with E-state index >= 15 is 0 Å². The van der Waals surface area contributed by atoms with Crippen molar-refractivity contribution >= 4 is 5.82 Å². The van der Waals surface area contributed by atoms with Crippen LogP contribution in [0.1, 0.15) is 22.4 Å². The molecule has 25 heavy (non-hydrogen) atoms. The molecule has 0 atom stereocenters. The van der Waals surface area contributed by atoms with Gasteiger partial charge < -0.3 is 5.32 Å². The van der Waals surface area contributed by atoms with Crippen LogP contribution in [0.4, 0.5) is 5.82 Å². The Balaban J connectivity index is 1.45. The average Bonchev–Trinajstić information content (AvgIpc) is 2.68. The predicted octanol–water partition coefficient (Wildman–Crippen LogP) is 3.65. The molecule has 0 radical (unpaired) electrons. The van der Waals surface area contributed by atoms with Gasteiger partial charge in [-0.2, -0.15) is 0 Å². The number of fused-ring (bicyclic) bond motifs is 1. The van der Waals surface area contributed by atoms with Crippen molar-refractivity contribution in [1.29, 1.82) is 0 Å². The Hall–Kier alpha value is -2.72. The van der Waals surface area contributed by atoms with E-state index in [-0.39, 0.29) is 0 Å². The van der Waals surface area contributed by atoms with Gasteiger partial charge >= 0.3 is 0 Å². The van der Waals surface area contributed by atoms with E-state index in [9.17, 15) is 0 Å².